The van der Waals surface area contributed by atoms with Crippen molar-refractivity contribution in [2.75, 3.05) is 6.61 Å². The maximum absolute atomic E-state index is 13.1. The van der Waals surface area contributed by atoms with Gasteiger partial charge in [-0.3, -0.25) is 9.59 Å². The predicted molar refractivity (Wildman–Crippen MR) is 140 cm³/mol. The first-order chi connectivity index (χ1) is 16.9. The first kappa shape index (κ1) is 23.0. The molecule has 0 spiro atoms. The van der Waals surface area contributed by atoms with Crippen molar-refractivity contribution in [3.8, 4) is 11.3 Å². The van der Waals surface area contributed by atoms with Gasteiger partial charge in [-0.15, -0.1) is 0 Å². The molecular formula is C27H23BrN4O3. The summed E-state index contributed by atoms with van der Waals surface area (Å²) < 4.78 is 2.43. The fourth-order valence-corrected chi connectivity index (χ4v) is 4.64. The molecular weight excluding hydrogens is 508 g/mol. The van der Waals surface area contributed by atoms with Crippen LogP contribution in [-0.4, -0.2) is 32.2 Å². The SMILES string of the molecule is Cc1c(C(=O)NC(CO)c2ccc(Br)cc2)nn2c(C)c(-c3ccc4ccccc4c3)[nH]c(=O)c12. The molecule has 176 valence electrons. The number of amides is 1. The zero-order valence-electron chi connectivity index (χ0n) is 19.2. The Labute approximate surface area is 209 Å². The number of nitrogens with zero attached hydrogens (tertiary/aromatic N) is 2. The lowest BCUT2D eigenvalue weighted by Crippen LogP contribution is -2.31. The molecule has 0 saturated heterocycles. The van der Waals surface area contributed by atoms with Crippen molar-refractivity contribution in [1.29, 1.82) is 0 Å². The van der Waals surface area contributed by atoms with E-state index in [0.717, 1.165) is 26.4 Å². The summed E-state index contributed by atoms with van der Waals surface area (Å²) in [6.45, 7) is 3.29. The van der Waals surface area contributed by atoms with Crippen LogP contribution in [0.3, 0.4) is 0 Å². The van der Waals surface area contributed by atoms with Crippen molar-refractivity contribution in [3.05, 3.63) is 104 Å². The van der Waals surface area contributed by atoms with E-state index >= 15 is 0 Å². The maximum Gasteiger partial charge on any atom is 0.274 e. The van der Waals surface area contributed by atoms with Crippen molar-refractivity contribution < 1.29 is 9.90 Å². The molecule has 35 heavy (non-hydrogen) atoms. The molecule has 3 aromatic carbocycles. The lowest BCUT2D eigenvalue weighted by molar-refractivity contribution is 0.0910. The van der Waals surface area contributed by atoms with E-state index in [1.54, 1.807) is 6.92 Å². The van der Waals surface area contributed by atoms with Crippen molar-refractivity contribution in [1.82, 2.24) is 19.9 Å². The van der Waals surface area contributed by atoms with Crippen molar-refractivity contribution in [2.24, 2.45) is 0 Å². The van der Waals surface area contributed by atoms with Gasteiger partial charge in [-0.05, 0) is 48.4 Å². The highest BCUT2D eigenvalue weighted by Gasteiger charge is 2.23. The monoisotopic (exact) mass is 530 g/mol. The summed E-state index contributed by atoms with van der Waals surface area (Å²) in [5.74, 6) is -0.459. The van der Waals surface area contributed by atoms with Gasteiger partial charge in [-0.2, -0.15) is 5.10 Å². The van der Waals surface area contributed by atoms with Gasteiger partial charge in [0.2, 0.25) is 0 Å². The van der Waals surface area contributed by atoms with Gasteiger partial charge in [0.15, 0.2) is 5.69 Å². The number of hydrogen-bond donors (Lipinski definition) is 3. The van der Waals surface area contributed by atoms with Crippen LogP contribution < -0.4 is 10.9 Å². The van der Waals surface area contributed by atoms with Gasteiger partial charge in [0.25, 0.3) is 11.5 Å². The second kappa shape index (κ2) is 9.13. The Morgan fingerprint density at radius 3 is 2.51 bits per heavy atom. The van der Waals surface area contributed by atoms with Gasteiger partial charge in [-0.1, -0.05) is 64.5 Å². The molecule has 2 heterocycles. The number of fused-ring (bicyclic) bond motifs is 2. The third kappa shape index (κ3) is 4.15. The van der Waals surface area contributed by atoms with Gasteiger partial charge in [0, 0.05) is 15.6 Å². The molecule has 1 unspecified atom stereocenters. The fourth-order valence-electron chi connectivity index (χ4n) is 4.37. The summed E-state index contributed by atoms with van der Waals surface area (Å²) in [6, 6.07) is 20.7. The van der Waals surface area contributed by atoms with Crippen LogP contribution in [0.2, 0.25) is 0 Å². The van der Waals surface area contributed by atoms with Gasteiger partial charge >= 0.3 is 0 Å². The standard InChI is InChI=1S/C27H23BrN4O3/c1-15-23(26(34)29-22(14-33)18-9-11-21(28)12-10-18)31-32-16(2)24(30-27(35)25(15)32)20-8-7-17-5-3-4-6-19(17)13-20/h3-13,22,33H,14H2,1-2H3,(H,29,34)(H,30,35). The second-order valence-corrected chi connectivity index (χ2v) is 9.39. The van der Waals surface area contributed by atoms with E-state index < -0.39 is 11.9 Å². The molecule has 0 saturated carbocycles. The first-order valence-electron chi connectivity index (χ1n) is 11.2. The predicted octanol–water partition coefficient (Wildman–Crippen LogP) is 4.69. The molecule has 7 nitrogen and oxygen atoms in total. The summed E-state index contributed by atoms with van der Waals surface area (Å²) in [4.78, 5) is 29.2. The third-order valence-electron chi connectivity index (χ3n) is 6.27. The molecule has 1 atom stereocenters. The number of H-pyrrole nitrogens is 1. The molecule has 2 aromatic heterocycles. The average Bonchev–Trinajstić information content (AvgIpc) is 3.23. The van der Waals surface area contributed by atoms with Gasteiger partial charge in [0.1, 0.15) is 5.52 Å². The van der Waals surface area contributed by atoms with Crippen LogP contribution in [0.15, 0.2) is 76.0 Å². The molecule has 1 amide bonds. The lowest BCUT2D eigenvalue weighted by Gasteiger charge is -2.16. The largest absolute Gasteiger partial charge is 0.394 e. The molecule has 0 radical (unpaired) electrons. The summed E-state index contributed by atoms with van der Waals surface area (Å²) >= 11 is 3.39. The Balaban J connectivity index is 1.55. The number of rotatable bonds is 5. The number of carbonyl (C=O) groups excluding carboxylic acids is 1. The van der Waals surface area contributed by atoms with Gasteiger partial charge in [0.05, 0.1) is 24.0 Å². The maximum atomic E-state index is 13.1. The number of aliphatic hydroxyl groups excluding tert-OH is 1. The fraction of sp³-hybridized carbons (Fsp3) is 0.148. The summed E-state index contributed by atoms with van der Waals surface area (Å²) in [6.07, 6.45) is 0. The van der Waals surface area contributed by atoms with E-state index in [-0.39, 0.29) is 17.9 Å². The Kier molecular flexibility index (Phi) is 6.00. The van der Waals surface area contributed by atoms with Crippen LogP contribution in [-0.2, 0) is 0 Å². The number of nitrogens with one attached hydrogen (secondary N) is 2. The van der Waals surface area contributed by atoms with Crippen LogP contribution in [0.4, 0.5) is 0 Å². The van der Waals surface area contributed by atoms with Crippen LogP contribution >= 0.6 is 15.9 Å². The topological polar surface area (TPSA) is 99.5 Å². The summed E-state index contributed by atoms with van der Waals surface area (Å²) in [5, 5.41) is 19.4. The smallest absolute Gasteiger partial charge is 0.274 e. The highest BCUT2D eigenvalue weighted by molar-refractivity contribution is 9.10. The lowest BCUT2D eigenvalue weighted by atomic mass is 10.0. The van der Waals surface area contributed by atoms with Crippen LogP contribution in [0.1, 0.15) is 33.4 Å². The van der Waals surface area contributed by atoms with Crippen LogP contribution in [0.25, 0.3) is 27.5 Å². The summed E-state index contributed by atoms with van der Waals surface area (Å²) in [7, 11) is 0. The van der Waals surface area contributed by atoms with Crippen LogP contribution in [0, 0.1) is 13.8 Å². The molecule has 0 bridgehead atoms. The van der Waals surface area contributed by atoms with E-state index in [1.165, 1.54) is 4.52 Å². The second-order valence-electron chi connectivity index (χ2n) is 8.47. The first-order valence-corrected chi connectivity index (χ1v) is 11.9. The molecule has 8 heteroatoms. The molecule has 0 aliphatic heterocycles. The number of hydrogen-bond acceptors (Lipinski definition) is 4. The highest BCUT2D eigenvalue weighted by atomic mass is 79.9. The van der Waals surface area contributed by atoms with E-state index in [4.69, 9.17) is 0 Å². The normalized spacial score (nSPS) is 12.2. The van der Waals surface area contributed by atoms with E-state index in [0.29, 0.717) is 22.5 Å². The molecule has 3 N–H and O–H groups in total. The number of benzene rings is 3. The number of halogens is 1. The van der Waals surface area contributed by atoms with Crippen molar-refractivity contribution >= 4 is 38.1 Å². The minimum Gasteiger partial charge on any atom is -0.394 e. The third-order valence-corrected chi connectivity index (χ3v) is 6.80. The average molecular weight is 531 g/mol. The van der Waals surface area contributed by atoms with Gasteiger partial charge < -0.3 is 15.4 Å². The number of aromatic amines is 1. The van der Waals surface area contributed by atoms with E-state index in [2.05, 4.69) is 31.3 Å². The van der Waals surface area contributed by atoms with Crippen LogP contribution in [0.5, 0.6) is 0 Å². The van der Waals surface area contributed by atoms with Gasteiger partial charge in [-0.25, -0.2) is 4.52 Å². The molecule has 0 fully saturated rings. The molecule has 5 aromatic rings. The Hall–Kier alpha value is -3.75. The summed E-state index contributed by atoms with van der Waals surface area (Å²) in [5.41, 5.74) is 3.59. The molecule has 0 aliphatic carbocycles. The van der Waals surface area contributed by atoms with Crippen molar-refractivity contribution in [3.63, 3.8) is 0 Å². The highest BCUT2D eigenvalue weighted by Crippen LogP contribution is 2.26. The quantitative estimate of drug-likeness (QED) is 0.307. The van der Waals surface area contributed by atoms with E-state index in [9.17, 15) is 14.7 Å². The minimum absolute atomic E-state index is 0.143. The Morgan fingerprint density at radius 2 is 1.80 bits per heavy atom. The van der Waals surface area contributed by atoms with Crippen molar-refractivity contribution in [2.45, 2.75) is 19.9 Å². The number of carbonyl (C=O) groups is 1. The number of aromatic nitrogens is 3. The Bertz CT molecular complexity index is 1640. The number of aryl methyl sites for hydroxylation is 2. The minimum atomic E-state index is -0.604. The molecule has 5 rings (SSSR count). The molecule has 0 aliphatic rings. The zero-order chi connectivity index (χ0) is 24.7. The van der Waals surface area contributed by atoms with E-state index in [1.807, 2.05) is 73.7 Å². The zero-order valence-corrected chi connectivity index (χ0v) is 20.8. The number of aliphatic hydroxyl groups is 1. The Morgan fingerprint density at radius 1 is 1.09 bits per heavy atom.